The summed E-state index contributed by atoms with van der Waals surface area (Å²) in [4.78, 5) is 12.0. The zero-order valence-corrected chi connectivity index (χ0v) is 11.2. The van der Waals surface area contributed by atoms with Crippen molar-refractivity contribution < 1.29 is 9.53 Å². The molecule has 0 heterocycles. The molecule has 3 nitrogen and oxygen atoms in total. The van der Waals surface area contributed by atoms with Gasteiger partial charge >= 0.3 is 0 Å². The van der Waals surface area contributed by atoms with Crippen LogP contribution < -0.4 is 10.1 Å². The average Bonchev–Trinajstić information content (AvgIpc) is 2.27. The first kappa shape index (κ1) is 13.6. The summed E-state index contributed by atoms with van der Waals surface area (Å²) in [6.07, 6.45) is 0. The fourth-order valence-electron chi connectivity index (χ4n) is 1.60. The Morgan fingerprint density at radius 1 is 1.24 bits per heavy atom. The summed E-state index contributed by atoms with van der Waals surface area (Å²) >= 11 is 0. The van der Waals surface area contributed by atoms with Gasteiger partial charge in [0.15, 0.2) is 0 Å². The van der Waals surface area contributed by atoms with Crippen LogP contribution in [-0.4, -0.2) is 19.1 Å². The quantitative estimate of drug-likeness (QED) is 0.871. The van der Waals surface area contributed by atoms with Crippen molar-refractivity contribution in [2.45, 2.75) is 39.7 Å². The van der Waals surface area contributed by atoms with Crippen molar-refractivity contribution >= 4 is 5.91 Å². The van der Waals surface area contributed by atoms with Gasteiger partial charge in [0.1, 0.15) is 5.75 Å². The SMILES string of the molecule is COc1ccc(C(C)C)cc1C(=O)NC(C)C. The van der Waals surface area contributed by atoms with Crippen LogP contribution in [0.1, 0.15) is 49.5 Å². The minimum absolute atomic E-state index is 0.0839. The van der Waals surface area contributed by atoms with Crippen molar-refractivity contribution in [3.63, 3.8) is 0 Å². The molecule has 0 aliphatic rings. The first-order chi connectivity index (χ1) is 7.95. The van der Waals surface area contributed by atoms with E-state index in [0.717, 1.165) is 5.56 Å². The van der Waals surface area contributed by atoms with Gasteiger partial charge in [-0.25, -0.2) is 0 Å². The summed E-state index contributed by atoms with van der Waals surface area (Å²) in [5, 5.41) is 2.88. The van der Waals surface area contributed by atoms with Gasteiger partial charge in [-0.1, -0.05) is 19.9 Å². The Bertz CT molecular complexity index is 397. The molecule has 0 radical (unpaired) electrons. The number of hydrogen-bond donors (Lipinski definition) is 1. The maximum absolute atomic E-state index is 12.0. The molecule has 0 fully saturated rings. The molecule has 1 N–H and O–H groups in total. The molecular formula is C14H21NO2. The van der Waals surface area contributed by atoms with Crippen LogP contribution in [0.4, 0.5) is 0 Å². The summed E-state index contributed by atoms with van der Waals surface area (Å²) in [7, 11) is 1.58. The Balaban J connectivity index is 3.09. The van der Waals surface area contributed by atoms with Gasteiger partial charge in [-0.05, 0) is 37.5 Å². The van der Waals surface area contributed by atoms with Crippen LogP contribution in [0.25, 0.3) is 0 Å². The molecule has 0 aliphatic heterocycles. The minimum Gasteiger partial charge on any atom is -0.496 e. The number of nitrogens with one attached hydrogen (secondary N) is 1. The van der Waals surface area contributed by atoms with E-state index in [-0.39, 0.29) is 11.9 Å². The van der Waals surface area contributed by atoms with E-state index in [2.05, 4.69) is 19.2 Å². The maximum Gasteiger partial charge on any atom is 0.255 e. The number of benzene rings is 1. The van der Waals surface area contributed by atoms with E-state index >= 15 is 0 Å². The topological polar surface area (TPSA) is 38.3 Å². The highest BCUT2D eigenvalue weighted by molar-refractivity contribution is 5.97. The first-order valence-corrected chi connectivity index (χ1v) is 5.94. The van der Waals surface area contributed by atoms with E-state index in [4.69, 9.17) is 4.74 Å². The lowest BCUT2D eigenvalue weighted by atomic mass is 10.00. The zero-order chi connectivity index (χ0) is 13.0. The number of ether oxygens (including phenoxy) is 1. The fraction of sp³-hybridized carbons (Fsp3) is 0.500. The number of hydrogen-bond acceptors (Lipinski definition) is 2. The third kappa shape index (κ3) is 3.48. The average molecular weight is 235 g/mol. The van der Waals surface area contributed by atoms with Gasteiger partial charge in [0, 0.05) is 6.04 Å². The Morgan fingerprint density at radius 3 is 2.35 bits per heavy atom. The van der Waals surface area contributed by atoms with Gasteiger partial charge in [0.25, 0.3) is 5.91 Å². The lowest BCUT2D eigenvalue weighted by Gasteiger charge is -2.14. The number of rotatable bonds is 4. The summed E-state index contributed by atoms with van der Waals surface area (Å²) in [5.74, 6) is 0.929. The van der Waals surface area contributed by atoms with Crippen molar-refractivity contribution in [3.05, 3.63) is 29.3 Å². The molecule has 17 heavy (non-hydrogen) atoms. The Labute approximate surface area is 103 Å². The Hall–Kier alpha value is -1.51. The molecule has 94 valence electrons. The molecule has 0 saturated carbocycles. The van der Waals surface area contributed by atoms with Crippen molar-refractivity contribution in [1.29, 1.82) is 0 Å². The van der Waals surface area contributed by atoms with Gasteiger partial charge in [-0.15, -0.1) is 0 Å². The van der Waals surface area contributed by atoms with Gasteiger partial charge in [0.2, 0.25) is 0 Å². The molecule has 3 heteroatoms. The van der Waals surface area contributed by atoms with Gasteiger partial charge in [-0.3, -0.25) is 4.79 Å². The smallest absolute Gasteiger partial charge is 0.255 e. The van der Waals surface area contributed by atoms with Gasteiger partial charge in [0.05, 0.1) is 12.7 Å². The van der Waals surface area contributed by atoms with Crippen molar-refractivity contribution in [2.75, 3.05) is 7.11 Å². The van der Waals surface area contributed by atoms with Crippen LogP contribution in [0, 0.1) is 0 Å². The highest BCUT2D eigenvalue weighted by atomic mass is 16.5. The third-order valence-electron chi connectivity index (χ3n) is 2.55. The lowest BCUT2D eigenvalue weighted by molar-refractivity contribution is 0.0940. The molecule has 0 aromatic heterocycles. The monoisotopic (exact) mass is 235 g/mol. The van der Waals surface area contributed by atoms with Crippen LogP contribution in [0.3, 0.4) is 0 Å². The molecule has 0 unspecified atom stereocenters. The van der Waals surface area contributed by atoms with Crippen LogP contribution in [0.2, 0.25) is 0 Å². The lowest BCUT2D eigenvalue weighted by Crippen LogP contribution is -2.30. The second-order valence-electron chi connectivity index (χ2n) is 4.74. The van der Waals surface area contributed by atoms with E-state index in [1.54, 1.807) is 7.11 Å². The van der Waals surface area contributed by atoms with Crippen LogP contribution in [0.5, 0.6) is 5.75 Å². The number of carbonyl (C=O) groups is 1. The molecule has 0 atom stereocenters. The summed E-state index contributed by atoms with van der Waals surface area (Å²) in [6, 6.07) is 5.87. The fourth-order valence-corrected chi connectivity index (χ4v) is 1.60. The highest BCUT2D eigenvalue weighted by Gasteiger charge is 2.14. The molecule has 0 bridgehead atoms. The summed E-state index contributed by atoms with van der Waals surface area (Å²) in [6.45, 7) is 8.09. The van der Waals surface area contributed by atoms with E-state index in [9.17, 15) is 4.79 Å². The van der Waals surface area contributed by atoms with Crippen molar-refractivity contribution in [3.8, 4) is 5.75 Å². The van der Waals surface area contributed by atoms with E-state index in [1.807, 2.05) is 32.0 Å². The normalized spacial score (nSPS) is 10.8. The molecule has 1 aromatic rings. The second kappa shape index (κ2) is 5.71. The standard InChI is InChI=1S/C14H21NO2/c1-9(2)11-6-7-13(17-5)12(8-11)14(16)15-10(3)4/h6-10H,1-5H3,(H,15,16). The predicted molar refractivity (Wildman–Crippen MR) is 69.7 cm³/mol. The third-order valence-corrected chi connectivity index (χ3v) is 2.55. The van der Waals surface area contributed by atoms with Crippen LogP contribution in [0.15, 0.2) is 18.2 Å². The molecule has 0 saturated heterocycles. The van der Waals surface area contributed by atoms with Crippen LogP contribution >= 0.6 is 0 Å². The number of carbonyl (C=O) groups excluding carboxylic acids is 1. The van der Waals surface area contributed by atoms with Crippen molar-refractivity contribution in [2.24, 2.45) is 0 Å². The predicted octanol–water partition coefficient (Wildman–Crippen LogP) is 2.96. The largest absolute Gasteiger partial charge is 0.496 e. The molecule has 0 aliphatic carbocycles. The zero-order valence-electron chi connectivity index (χ0n) is 11.2. The van der Waals surface area contributed by atoms with Crippen molar-refractivity contribution in [1.82, 2.24) is 5.32 Å². The molecule has 1 rings (SSSR count). The highest BCUT2D eigenvalue weighted by Crippen LogP contribution is 2.24. The maximum atomic E-state index is 12.0. The molecule has 1 amide bonds. The van der Waals surface area contributed by atoms with Gasteiger partial charge in [-0.2, -0.15) is 0 Å². The van der Waals surface area contributed by atoms with E-state index < -0.39 is 0 Å². The van der Waals surface area contributed by atoms with E-state index in [0.29, 0.717) is 17.2 Å². The van der Waals surface area contributed by atoms with Gasteiger partial charge < -0.3 is 10.1 Å². The number of amides is 1. The summed E-state index contributed by atoms with van der Waals surface area (Å²) < 4.78 is 5.22. The first-order valence-electron chi connectivity index (χ1n) is 5.94. The van der Waals surface area contributed by atoms with Crippen LogP contribution in [-0.2, 0) is 0 Å². The summed E-state index contributed by atoms with van der Waals surface area (Å²) in [5.41, 5.74) is 1.74. The molecular weight excluding hydrogens is 214 g/mol. The molecule has 0 spiro atoms. The Kier molecular flexibility index (Phi) is 4.55. The second-order valence-corrected chi connectivity index (χ2v) is 4.74. The number of methoxy groups -OCH3 is 1. The van der Waals surface area contributed by atoms with E-state index in [1.165, 1.54) is 0 Å². The minimum atomic E-state index is -0.0839. The Morgan fingerprint density at radius 2 is 1.88 bits per heavy atom. The molecule has 1 aromatic carbocycles.